The second-order valence-electron chi connectivity index (χ2n) is 5.40. The molecule has 0 aliphatic heterocycles. The third-order valence-corrected chi connectivity index (χ3v) is 4.96. The second kappa shape index (κ2) is 6.27. The monoisotopic (exact) mass is 307 g/mol. The Labute approximate surface area is 128 Å². The Morgan fingerprint density at radius 2 is 2.00 bits per heavy atom. The van der Waals surface area contributed by atoms with Gasteiger partial charge in [-0.05, 0) is 58.8 Å². The van der Waals surface area contributed by atoms with Crippen molar-refractivity contribution in [1.29, 1.82) is 0 Å². The fourth-order valence-electron chi connectivity index (χ4n) is 2.65. The van der Waals surface area contributed by atoms with E-state index in [1.54, 1.807) is 11.3 Å². The lowest BCUT2D eigenvalue weighted by molar-refractivity contribution is 0.157. The Morgan fingerprint density at radius 3 is 2.65 bits per heavy atom. The molecule has 1 atom stereocenters. The summed E-state index contributed by atoms with van der Waals surface area (Å²) in [5, 5.41) is 18.3. The van der Waals surface area contributed by atoms with Crippen molar-refractivity contribution in [1.82, 2.24) is 5.32 Å². The van der Waals surface area contributed by atoms with Crippen LogP contribution >= 0.6 is 22.9 Å². The second-order valence-corrected chi connectivity index (χ2v) is 6.61. The topological polar surface area (TPSA) is 32.3 Å². The number of nitrogens with one attached hydrogen (secondary N) is 1. The van der Waals surface area contributed by atoms with Crippen LogP contribution in [-0.2, 0) is 0 Å². The van der Waals surface area contributed by atoms with Crippen LogP contribution in [0.25, 0.3) is 0 Å². The highest BCUT2D eigenvalue weighted by atomic mass is 35.5. The smallest absolute Gasteiger partial charge is 0.0922 e. The summed E-state index contributed by atoms with van der Waals surface area (Å²) < 4.78 is 0. The van der Waals surface area contributed by atoms with E-state index >= 15 is 0 Å². The Morgan fingerprint density at radius 1 is 1.25 bits per heavy atom. The van der Waals surface area contributed by atoms with E-state index in [1.165, 1.54) is 5.56 Å². The lowest BCUT2D eigenvalue weighted by Crippen LogP contribution is -2.41. The number of hydrogen-bond donors (Lipinski definition) is 2. The van der Waals surface area contributed by atoms with E-state index in [0.717, 1.165) is 23.4 Å². The molecule has 0 spiro atoms. The molecule has 1 saturated carbocycles. The van der Waals surface area contributed by atoms with E-state index in [9.17, 15) is 5.11 Å². The first kappa shape index (κ1) is 14.1. The third kappa shape index (κ3) is 3.23. The van der Waals surface area contributed by atoms with Crippen molar-refractivity contribution in [3.8, 4) is 0 Å². The van der Waals surface area contributed by atoms with E-state index in [2.05, 4.69) is 17.4 Å². The molecular weight excluding hydrogens is 290 g/mol. The molecule has 4 heteroatoms. The first-order chi connectivity index (χ1) is 9.72. The van der Waals surface area contributed by atoms with Crippen LogP contribution in [0.3, 0.4) is 0 Å². The van der Waals surface area contributed by atoms with Gasteiger partial charge in [0.15, 0.2) is 0 Å². The van der Waals surface area contributed by atoms with Gasteiger partial charge in [-0.25, -0.2) is 0 Å². The zero-order valence-electron chi connectivity index (χ0n) is 11.1. The lowest BCUT2D eigenvalue weighted by atomic mass is 9.76. The van der Waals surface area contributed by atoms with E-state index in [1.807, 2.05) is 29.0 Å². The summed E-state index contributed by atoms with van der Waals surface area (Å²) in [6.07, 6.45) is 1.88. The lowest BCUT2D eigenvalue weighted by Gasteiger charge is -2.37. The molecule has 1 aromatic heterocycles. The number of thiophene rings is 1. The Hall–Kier alpha value is -0.870. The molecule has 1 aliphatic rings. The summed E-state index contributed by atoms with van der Waals surface area (Å²) in [6.45, 7) is 0.634. The van der Waals surface area contributed by atoms with Gasteiger partial charge in [0, 0.05) is 17.6 Å². The van der Waals surface area contributed by atoms with E-state index in [0.29, 0.717) is 18.5 Å². The highest BCUT2D eigenvalue weighted by Crippen LogP contribution is 2.37. The van der Waals surface area contributed by atoms with Crippen LogP contribution in [0.15, 0.2) is 41.1 Å². The molecule has 3 rings (SSSR count). The molecule has 2 aromatic rings. The number of hydrogen-bond acceptors (Lipinski definition) is 3. The van der Waals surface area contributed by atoms with Gasteiger partial charge in [-0.15, -0.1) is 0 Å². The Bertz CT molecular complexity index is 534. The summed E-state index contributed by atoms with van der Waals surface area (Å²) in [5.74, 6) is 0.628. The molecule has 1 unspecified atom stereocenters. The zero-order chi connectivity index (χ0) is 13.9. The van der Waals surface area contributed by atoms with Gasteiger partial charge < -0.3 is 10.4 Å². The largest absolute Gasteiger partial charge is 0.387 e. The average Bonchev–Trinajstić information content (AvgIpc) is 2.92. The fourth-order valence-corrected chi connectivity index (χ4v) is 3.49. The quantitative estimate of drug-likeness (QED) is 0.876. The normalized spacial score (nSPS) is 23.3. The summed E-state index contributed by atoms with van der Waals surface area (Å²) in [7, 11) is 0. The molecule has 2 nitrogen and oxygen atoms in total. The van der Waals surface area contributed by atoms with E-state index in [4.69, 9.17) is 11.6 Å². The van der Waals surface area contributed by atoms with Gasteiger partial charge in [-0.3, -0.25) is 0 Å². The SMILES string of the molecule is OC(CNC1CC(c2ccc(Cl)cc2)C1)c1ccsc1. The maximum atomic E-state index is 10.0. The van der Waals surface area contributed by atoms with Crippen molar-refractivity contribution in [2.75, 3.05) is 6.54 Å². The Kier molecular flexibility index (Phi) is 4.41. The highest BCUT2D eigenvalue weighted by Gasteiger charge is 2.30. The Balaban J connectivity index is 1.43. The van der Waals surface area contributed by atoms with Crippen LogP contribution in [0.1, 0.15) is 36.0 Å². The molecule has 1 aliphatic carbocycles. The van der Waals surface area contributed by atoms with Crippen molar-refractivity contribution in [3.05, 3.63) is 57.2 Å². The molecule has 1 fully saturated rings. The molecular formula is C16H18ClNOS. The standard InChI is InChI=1S/C16H18ClNOS/c17-14-3-1-11(2-4-14)13-7-15(8-13)18-9-16(19)12-5-6-20-10-12/h1-6,10,13,15-16,18-19H,7-9H2. The van der Waals surface area contributed by atoms with Crippen molar-refractivity contribution in [3.63, 3.8) is 0 Å². The molecule has 1 aromatic carbocycles. The molecule has 0 saturated heterocycles. The first-order valence-corrected chi connectivity index (χ1v) is 8.23. The third-order valence-electron chi connectivity index (χ3n) is 4.01. The molecule has 0 bridgehead atoms. The average molecular weight is 308 g/mol. The fraction of sp³-hybridized carbons (Fsp3) is 0.375. The van der Waals surface area contributed by atoms with Crippen LogP contribution in [0.5, 0.6) is 0 Å². The van der Waals surface area contributed by atoms with Gasteiger partial charge in [0.25, 0.3) is 0 Å². The van der Waals surface area contributed by atoms with Gasteiger partial charge in [-0.1, -0.05) is 23.7 Å². The maximum Gasteiger partial charge on any atom is 0.0922 e. The van der Waals surface area contributed by atoms with Crippen LogP contribution in [0.2, 0.25) is 5.02 Å². The predicted octanol–water partition coefficient (Wildman–Crippen LogP) is 3.97. The van der Waals surface area contributed by atoms with Crippen molar-refractivity contribution >= 4 is 22.9 Å². The minimum atomic E-state index is -0.393. The van der Waals surface area contributed by atoms with Crippen LogP contribution in [-0.4, -0.2) is 17.7 Å². The summed E-state index contributed by atoms with van der Waals surface area (Å²) in [5.41, 5.74) is 2.38. The first-order valence-electron chi connectivity index (χ1n) is 6.91. The van der Waals surface area contributed by atoms with Gasteiger partial charge in [0.2, 0.25) is 0 Å². The number of aliphatic hydroxyl groups is 1. The predicted molar refractivity (Wildman–Crippen MR) is 84.5 cm³/mol. The highest BCUT2D eigenvalue weighted by molar-refractivity contribution is 7.07. The molecule has 20 heavy (non-hydrogen) atoms. The minimum absolute atomic E-state index is 0.393. The molecule has 106 valence electrons. The molecule has 1 heterocycles. The van der Waals surface area contributed by atoms with Gasteiger partial charge in [0.1, 0.15) is 0 Å². The van der Waals surface area contributed by atoms with Gasteiger partial charge in [0.05, 0.1) is 6.10 Å². The molecule has 0 amide bonds. The number of halogens is 1. The molecule has 2 N–H and O–H groups in total. The zero-order valence-corrected chi connectivity index (χ0v) is 12.7. The number of rotatable bonds is 5. The van der Waals surface area contributed by atoms with Crippen molar-refractivity contribution < 1.29 is 5.11 Å². The summed E-state index contributed by atoms with van der Waals surface area (Å²) in [6, 6.07) is 10.6. The van der Waals surface area contributed by atoms with E-state index < -0.39 is 6.10 Å². The number of aliphatic hydroxyl groups excluding tert-OH is 1. The maximum absolute atomic E-state index is 10.0. The summed E-state index contributed by atoms with van der Waals surface area (Å²) in [4.78, 5) is 0. The molecule has 0 radical (unpaired) electrons. The van der Waals surface area contributed by atoms with Crippen LogP contribution < -0.4 is 5.32 Å². The minimum Gasteiger partial charge on any atom is -0.387 e. The van der Waals surface area contributed by atoms with Crippen molar-refractivity contribution in [2.45, 2.75) is 30.9 Å². The summed E-state index contributed by atoms with van der Waals surface area (Å²) >= 11 is 7.52. The number of benzene rings is 1. The van der Waals surface area contributed by atoms with Crippen LogP contribution in [0.4, 0.5) is 0 Å². The van der Waals surface area contributed by atoms with Crippen molar-refractivity contribution in [2.24, 2.45) is 0 Å². The van der Waals surface area contributed by atoms with Gasteiger partial charge >= 0.3 is 0 Å². The van der Waals surface area contributed by atoms with E-state index in [-0.39, 0.29) is 0 Å². The van der Waals surface area contributed by atoms with Crippen LogP contribution in [0, 0.1) is 0 Å². The van der Waals surface area contributed by atoms with Gasteiger partial charge in [-0.2, -0.15) is 11.3 Å².